The van der Waals surface area contributed by atoms with Gasteiger partial charge in [-0.15, -0.1) is 0 Å². The van der Waals surface area contributed by atoms with Crippen molar-refractivity contribution in [1.82, 2.24) is 15.5 Å². The quantitative estimate of drug-likeness (QED) is 0.314. The summed E-state index contributed by atoms with van der Waals surface area (Å²) < 4.78 is 38.1. The van der Waals surface area contributed by atoms with Gasteiger partial charge < -0.3 is 10.6 Å². The lowest BCUT2D eigenvalue weighted by molar-refractivity contribution is -0.385. The van der Waals surface area contributed by atoms with Gasteiger partial charge in [0.05, 0.1) is 10.5 Å². The third-order valence-corrected chi connectivity index (χ3v) is 5.16. The summed E-state index contributed by atoms with van der Waals surface area (Å²) in [6.07, 6.45) is -3.48. The number of likely N-dealkylation sites (tertiary alicyclic amines) is 1. The van der Waals surface area contributed by atoms with E-state index in [1.165, 1.54) is 18.2 Å². The van der Waals surface area contributed by atoms with Crippen LogP contribution in [0.5, 0.6) is 0 Å². The van der Waals surface area contributed by atoms with Gasteiger partial charge in [0.1, 0.15) is 0 Å². The number of aliphatic imine (C=N–C) groups is 1. The molecule has 1 aliphatic rings. The summed E-state index contributed by atoms with van der Waals surface area (Å²) in [6.45, 7) is 2.35. The minimum absolute atomic E-state index is 0.0500. The SMILES string of the molecule is CN=C(NCc1ccccc1[N+](=O)[O-])NC1CCN(Cc2ccc(C(F)(F)F)cc2)C1. The molecule has 0 aromatic heterocycles. The number of benzene rings is 2. The number of nitrogens with zero attached hydrogens (tertiary/aromatic N) is 3. The highest BCUT2D eigenvalue weighted by Crippen LogP contribution is 2.29. The van der Waals surface area contributed by atoms with E-state index >= 15 is 0 Å². The number of para-hydroxylation sites is 1. The Labute approximate surface area is 178 Å². The minimum atomic E-state index is -4.33. The van der Waals surface area contributed by atoms with Gasteiger partial charge in [-0.05, 0) is 24.1 Å². The van der Waals surface area contributed by atoms with E-state index in [0.717, 1.165) is 30.7 Å². The molecule has 7 nitrogen and oxygen atoms in total. The minimum Gasteiger partial charge on any atom is -0.352 e. The molecule has 3 rings (SSSR count). The maximum atomic E-state index is 12.7. The predicted molar refractivity (Wildman–Crippen MR) is 112 cm³/mol. The van der Waals surface area contributed by atoms with E-state index in [4.69, 9.17) is 0 Å². The molecule has 10 heteroatoms. The molecule has 0 aliphatic carbocycles. The Morgan fingerprint density at radius 3 is 2.58 bits per heavy atom. The van der Waals surface area contributed by atoms with Gasteiger partial charge in [0, 0.05) is 50.9 Å². The zero-order chi connectivity index (χ0) is 22.4. The maximum Gasteiger partial charge on any atom is 0.416 e. The molecule has 1 saturated heterocycles. The van der Waals surface area contributed by atoms with Gasteiger partial charge in [-0.3, -0.25) is 20.0 Å². The lowest BCUT2D eigenvalue weighted by Gasteiger charge is -2.19. The second kappa shape index (κ2) is 9.78. The molecule has 0 bridgehead atoms. The highest BCUT2D eigenvalue weighted by molar-refractivity contribution is 5.80. The molecular weight excluding hydrogens is 411 g/mol. The van der Waals surface area contributed by atoms with Crippen LogP contribution >= 0.6 is 0 Å². The van der Waals surface area contributed by atoms with Gasteiger partial charge in [0.2, 0.25) is 0 Å². The molecule has 166 valence electrons. The van der Waals surface area contributed by atoms with Crippen LogP contribution in [-0.2, 0) is 19.3 Å². The zero-order valence-electron chi connectivity index (χ0n) is 17.0. The van der Waals surface area contributed by atoms with Gasteiger partial charge in [0.15, 0.2) is 5.96 Å². The summed E-state index contributed by atoms with van der Waals surface area (Å²) in [5.74, 6) is 0.541. The van der Waals surface area contributed by atoms with Crippen LogP contribution in [0.4, 0.5) is 18.9 Å². The van der Waals surface area contributed by atoms with Crippen molar-refractivity contribution in [3.05, 3.63) is 75.3 Å². The number of rotatable bonds is 6. The lowest BCUT2D eigenvalue weighted by Crippen LogP contribution is -2.44. The molecule has 1 atom stereocenters. The van der Waals surface area contributed by atoms with E-state index in [2.05, 4.69) is 20.5 Å². The van der Waals surface area contributed by atoms with E-state index < -0.39 is 16.7 Å². The van der Waals surface area contributed by atoms with Crippen molar-refractivity contribution in [2.45, 2.75) is 31.7 Å². The summed E-state index contributed by atoms with van der Waals surface area (Å²) in [4.78, 5) is 17.1. The fraction of sp³-hybridized carbons (Fsp3) is 0.381. The molecule has 2 aromatic rings. The van der Waals surface area contributed by atoms with Crippen molar-refractivity contribution in [3.8, 4) is 0 Å². The molecule has 1 fully saturated rings. The highest BCUT2D eigenvalue weighted by Gasteiger charge is 2.30. The molecule has 0 saturated carbocycles. The molecule has 0 spiro atoms. The van der Waals surface area contributed by atoms with E-state index in [1.807, 2.05) is 0 Å². The van der Waals surface area contributed by atoms with Gasteiger partial charge in [-0.25, -0.2) is 0 Å². The normalized spacial score (nSPS) is 17.5. The van der Waals surface area contributed by atoms with Crippen molar-refractivity contribution in [2.75, 3.05) is 20.1 Å². The van der Waals surface area contributed by atoms with Gasteiger partial charge in [-0.1, -0.05) is 30.3 Å². The average molecular weight is 435 g/mol. The molecular formula is C21H24F3N5O2. The standard InChI is InChI=1S/C21H24F3N5O2/c1-25-20(26-12-16-4-2-3-5-19(16)29(30)31)27-18-10-11-28(14-18)13-15-6-8-17(9-7-15)21(22,23)24/h2-9,18H,10-14H2,1H3,(H2,25,26,27). The summed E-state index contributed by atoms with van der Waals surface area (Å²) in [5, 5.41) is 17.5. The third kappa shape index (κ3) is 6.17. The van der Waals surface area contributed by atoms with Crippen molar-refractivity contribution in [1.29, 1.82) is 0 Å². The van der Waals surface area contributed by atoms with Gasteiger partial charge >= 0.3 is 6.18 Å². The summed E-state index contributed by atoms with van der Waals surface area (Å²) >= 11 is 0. The van der Waals surface area contributed by atoms with Gasteiger partial charge in [0.25, 0.3) is 5.69 Å². The van der Waals surface area contributed by atoms with Crippen LogP contribution in [0, 0.1) is 10.1 Å². The molecule has 31 heavy (non-hydrogen) atoms. The summed E-state index contributed by atoms with van der Waals surface area (Å²) in [7, 11) is 1.63. The fourth-order valence-corrected chi connectivity index (χ4v) is 3.56. The number of guanidine groups is 1. The van der Waals surface area contributed by atoms with Gasteiger partial charge in [-0.2, -0.15) is 13.2 Å². The number of halogens is 3. The Morgan fingerprint density at radius 1 is 1.23 bits per heavy atom. The Balaban J connectivity index is 1.50. The average Bonchev–Trinajstić information content (AvgIpc) is 3.17. The second-order valence-electron chi connectivity index (χ2n) is 7.37. The van der Waals surface area contributed by atoms with Crippen molar-refractivity contribution >= 4 is 11.6 Å². The number of hydrogen-bond acceptors (Lipinski definition) is 4. The number of nitro groups is 1. The van der Waals surface area contributed by atoms with Crippen LogP contribution in [0.2, 0.25) is 0 Å². The maximum absolute atomic E-state index is 12.7. The lowest BCUT2D eigenvalue weighted by atomic mass is 10.1. The monoisotopic (exact) mass is 435 g/mol. The third-order valence-electron chi connectivity index (χ3n) is 5.16. The Kier molecular flexibility index (Phi) is 7.11. The van der Waals surface area contributed by atoms with Crippen LogP contribution in [0.25, 0.3) is 0 Å². The van der Waals surface area contributed by atoms with Crippen molar-refractivity contribution in [3.63, 3.8) is 0 Å². The number of nitrogens with one attached hydrogen (secondary N) is 2. The van der Waals surface area contributed by atoms with E-state index in [-0.39, 0.29) is 18.3 Å². The van der Waals surface area contributed by atoms with E-state index in [9.17, 15) is 23.3 Å². The number of hydrogen-bond donors (Lipinski definition) is 2. The number of alkyl halides is 3. The molecule has 2 aromatic carbocycles. The van der Waals surface area contributed by atoms with Crippen LogP contribution in [0.1, 0.15) is 23.1 Å². The van der Waals surface area contributed by atoms with Crippen molar-refractivity contribution < 1.29 is 18.1 Å². The molecule has 0 radical (unpaired) electrons. The highest BCUT2D eigenvalue weighted by atomic mass is 19.4. The largest absolute Gasteiger partial charge is 0.416 e. The summed E-state index contributed by atoms with van der Waals surface area (Å²) in [6, 6.07) is 11.9. The van der Waals surface area contributed by atoms with Crippen LogP contribution in [0.15, 0.2) is 53.5 Å². The summed E-state index contributed by atoms with van der Waals surface area (Å²) in [5.41, 5.74) is 0.790. The molecule has 1 aliphatic heterocycles. The first-order valence-electron chi connectivity index (χ1n) is 9.84. The molecule has 2 N–H and O–H groups in total. The first kappa shape index (κ1) is 22.5. The van der Waals surface area contributed by atoms with Crippen molar-refractivity contribution in [2.24, 2.45) is 4.99 Å². The number of nitro benzene ring substituents is 1. The molecule has 1 heterocycles. The van der Waals surface area contributed by atoms with Crippen LogP contribution in [0.3, 0.4) is 0 Å². The van der Waals surface area contributed by atoms with E-state index in [1.54, 1.807) is 25.2 Å². The predicted octanol–water partition coefficient (Wildman–Crippen LogP) is 3.55. The second-order valence-corrected chi connectivity index (χ2v) is 7.37. The Hall–Kier alpha value is -3.14. The molecule has 1 unspecified atom stereocenters. The zero-order valence-corrected chi connectivity index (χ0v) is 17.0. The Bertz CT molecular complexity index is 931. The smallest absolute Gasteiger partial charge is 0.352 e. The topological polar surface area (TPSA) is 82.8 Å². The van der Waals surface area contributed by atoms with Crippen LogP contribution < -0.4 is 10.6 Å². The fourth-order valence-electron chi connectivity index (χ4n) is 3.56. The Morgan fingerprint density at radius 2 is 1.94 bits per heavy atom. The van der Waals surface area contributed by atoms with E-state index in [0.29, 0.717) is 24.6 Å². The van der Waals surface area contributed by atoms with Crippen LogP contribution in [-0.4, -0.2) is 42.0 Å². The molecule has 0 amide bonds. The first-order chi connectivity index (χ1) is 14.8. The first-order valence-corrected chi connectivity index (χ1v) is 9.84.